The number of fused-ring (bicyclic) bond motifs is 3. The lowest BCUT2D eigenvalue weighted by molar-refractivity contribution is -0.129. The minimum absolute atomic E-state index is 0.0582. The first-order valence-electron chi connectivity index (χ1n) is 5.77. The molecule has 1 atom stereocenters. The normalized spacial score (nSPS) is 21.2. The molecule has 18 heavy (non-hydrogen) atoms. The number of hydrogen-bond acceptors (Lipinski definition) is 3. The van der Waals surface area contributed by atoms with E-state index in [0.717, 1.165) is 34.3 Å². The highest BCUT2D eigenvalue weighted by Crippen LogP contribution is 2.35. The zero-order valence-corrected chi connectivity index (χ0v) is 11.7. The summed E-state index contributed by atoms with van der Waals surface area (Å²) in [6, 6.07) is 4.12. The largest absolute Gasteiger partial charge is 0.331 e. The molecule has 1 aromatic heterocycles. The van der Waals surface area contributed by atoms with Crippen LogP contribution in [0, 0.1) is 15.0 Å². The first-order valence-corrected chi connectivity index (χ1v) is 6.85. The fourth-order valence-electron chi connectivity index (χ4n) is 2.57. The molecule has 2 aliphatic heterocycles. The van der Waals surface area contributed by atoms with Crippen molar-refractivity contribution in [3.8, 4) is 6.07 Å². The van der Waals surface area contributed by atoms with E-state index in [9.17, 15) is 4.79 Å². The van der Waals surface area contributed by atoms with Crippen LogP contribution in [0.4, 0.5) is 0 Å². The van der Waals surface area contributed by atoms with Gasteiger partial charge in [-0.1, -0.05) is 6.08 Å². The predicted molar refractivity (Wildman–Crippen MR) is 73.6 cm³/mol. The van der Waals surface area contributed by atoms with E-state index in [1.807, 2.05) is 17.0 Å². The number of nitriles is 1. The van der Waals surface area contributed by atoms with E-state index in [2.05, 4.69) is 33.6 Å². The third-order valence-electron chi connectivity index (χ3n) is 3.44. The van der Waals surface area contributed by atoms with E-state index in [0.29, 0.717) is 5.56 Å². The Labute approximate surface area is 118 Å². The molecule has 1 unspecified atom stereocenters. The molecule has 1 aromatic rings. The highest BCUT2D eigenvalue weighted by Gasteiger charge is 2.32. The third-order valence-corrected chi connectivity index (χ3v) is 4.26. The van der Waals surface area contributed by atoms with Gasteiger partial charge in [0.05, 0.1) is 11.6 Å². The van der Waals surface area contributed by atoms with E-state index < -0.39 is 0 Å². The summed E-state index contributed by atoms with van der Waals surface area (Å²) < 4.78 is 0.750. The van der Waals surface area contributed by atoms with Gasteiger partial charge in [-0.15, -0.1) is 0 Å². The zero-order chi connectivity index (χ0) is 12.7. The van der Waals surface area contributed by atoms with Crippen LogP contribution in [-0.2, 0) is 11.2 Å². The third kappa shape index (κ3) is 1.72. The molecule has 0 aliphatic carbocycles. The molecule has 0 N–H and O–H groups in total. The molecule has 0 aromatic carbocycles. The zero-order valence-electron chi connectivity index (χ0n) is 9.56. The van der Waals surface area contributed by atoms with E-state index in [4.69, 9.17) is 5.26 Å². The fraction of sp³-hybridized carbons (Fsp3) is 0.308. The van der Waals surface area contributed by atoms with Gasteiger partial charge in [0, 0.05) is 18.7 Å². The molecule has 1 amide bonds. The van der Waals surface area contributed by atoms with Crippen LogP contribution in [0.2, 0.25) is 0 Å². The van der Waals surface area contributed by atoms with Gasteiger partial charge in [0.25, 0.3) is 0 Å². The van der Waals surface area contributed by atoms with E-state index in [1.165, 1.54) is 0 Å². The summed E-state index contributed by atoms with van der Waals surface area (Å²) in [7, 11) is 0. The van der Waals surface area contributed by atoms with Crippen molar-refractivity contribution in [2.75, 3.05) is 6.54 Å². The van der Waals surface area contributed by atoms with Gasteiger partial charge in [0.15, 0.2) is 0 Å². The van der Waals surface area contributed by atoms with Crippen LogP contribution in [0.5, 0.6) is 0 Å². The molecule has 0 saturated carbocycles. The van der Waals surface area contributed by atoms with Gasteiger partial charge in [-0.05, 0) is 46.7 Å². The molecule has 3 heterocycles. The summed E-state index contributed by atoms with van der Waals surface area (Å²) in [5.74, 6) is 0.0638. The summed E-state index contributed by atoms with van der Waals surface area (Å²) in [6.45, 7) is 0.718. The van der Waals surface area contributed by atoms with Crippen molar-refractivity contribution in [2.24, 2.45) is 0 Å². The van der Waals surface area contributed by atoms with Gasteiger partial charge in [-0.2, -0.15) is 5.26 Å². The van der Waals surface area contributed by atoms with Crippen molar-refractivity contribution in [2.45, 2.75) is 18.9 Å². The Hall–Kier alpha value is -1.42. The van der Waals surface area contributed by atoms with Crippen LogP contribution in [0.1, 0.15) is 29.3 Å². The number of hydrogen-bond donors (Lipinski definition) is 0. The highest BCUT2D eigenvalue weighted by molar-refractivity contribution is 14.1. The van der Waals surface area contributed by atoms with Crippen molar-refractivity contribution < 1.29 is 4.79 Å². The molecular formula is C13H10IN3O. The molecule has 0 bridgehead atoms. The number of aromatic nitrogens is 1. The number of rotatable bonds is 0. The molecule has 2 aliphatic rings. The van der Waals surface area contributed by atoms with E-state index in [-0.39, 0.29) is 11.9 Å². The molecule has 90 valence electrons. The maximum absolute atomic E-state index is 11.8. The monoisotopic (exact) mass is 351 g/mol. The lowest BCUT2D eigenvalue weighted by atomic mass is 9.91. The first-order chi connectivity index (χ1) is 8.70. The Balaban J connectivity index is 2.12. The molecule has 0 saturated heterocycles. The summed E-state index contributed by atoms with van der Waals surface area (Å²) in [6.07, 6.45) is 5.12. The van der Waals surface area contributed by atoms with Crippen LogP contribution in [0.25, 0.3) is 0 Å². The van der Waals surface area contributed by atoms with Gasteiger partial charge in [-0.3, -0.25) is 4.79 Å². The smallest absolute Gasteiger partial charge is 0.246 e. The minimum atomic E-state index is 0.0582. The lowest BCUT2D eigenvalue weighted by Crippen LogP contribution is -2.41. The average Bonchev–Trinajstić information content (AvgIpc) is 2.38. The molecular weight excluding hydrogens is 341 g/mol. The summed E-state index contributed by atoms with van der Waals surface area (Å²) >= 11 is 2.09. The molecule has 4 nitrogen and oxygen atoms in total. The number of nitrogens with zero attached hydrogens (tertiary/aromatic N) is 3. The molecule has 3 rings (SSSR count). The summed E-state index contributed by atoms with van der Waals surface area (Å²) in [4.78, 5) is 18.2. The predicted octanol–water partition coefficient (Wildman–Crippen LogP) is 1.94. The fourth-order valence-corrected chi connectivity index (χ4v) is 3.14. The second kappa shape index (κ2) is 4.35. The van der Waals surface area contributed by atoms with Gasteiger partial charge in [0.1, 0.15) is 9.77 Å². The maximum atomic E-state index is 11.8. The molecule has 0 spiro atoms. The second-order valence-electron chi connectivity index (χ2n) is 4.41. The maximum Gasteiger partial charge on any atom is 0.246 e. The van der Waals surface area contributed by atoms with E-state index in [1.54, 1.807) is 6.08 Å². The number of amides is 1. The Kier molecular flexibility index (Phi) is 2.82. The Bertz CT molecular complexity index is 603. The van der Waals surface area contributed by atoms with Crippen LogP contribution in [-0.4, -0.2) is 22.3 Å². The number of carbonyl (C=O) groups is 1. The van der Waals surface area contributed by atoms with Gasteiger partial charge in [0.2, 0.25) is 5.91 Å². The van der Waals surface area contributed by atoms with Crippen molar-refractivity contribution in [3.05, 3.63) is 38.7 Å². The van der Waals surface area contributed by atoms with Crippen LogP contribution in [0.3, 0.4) is 0 Å². The summed E-state index contributed by atoms with van der Waals surface area (Å²) in [5, 5.41) is 9.08. The van der Waals surface area contributed by atoms with Crippen LogP contribution < -0.4 is 0 Å². The second-order valence-corrected chi connectivity index (χ2v) is 5.43. The van der Waals surface area contributed by atoms with Gasteiger partial charge < -0.3 is 4.90 Å². The summed E-state index contributed by atoms with van der Waals surface area (Å²) in [5.41, 5.74) is 2.66. The lowest BCUT2D eigenvalue weighted by Gasteiger charge is -2.38. The van der Waals surface area contributed by atoms with Crippen molar-refractivity contribution in [3.63, 3.8) is 0 Å². The quantitative estimate of drug-likeness (QED) is 0.530. The minimum Gasteiger partial charge on any atom is -0.331 e. The van der Waals surface area contributed by atoms with Crippen molar-refractivity contribution in [1.82, 2.24) is 9.88 Å². The highest BCUT2D eigenvalue weighted by atomic mass is 127. The molecule has 5 heteroatoms. The molecule has 0 fully saturated rings. The Morgan fingerprint density at radius 2 is 2.39 bits per heavy atom. The number of carbonyl (C=O) groups excluding carboxylic acids is 1. The van der Waals surface area contributed by atoms with Crippen molar-refractivity contribution in [1.29, 1.82) is 5.26 Å². The van der Waals surface area contributed by atoms with E-state index >= 15 is 0 Å². The topological polar surface area (TPSA) is 57.0 Å². The van der Waals surface area contributed by atoms with Crippen molar-refractivity contribution >= 4 is 28.5 Å². The number of halogens is 1. The van der Waals surface area contributed by atoms with Crippen LogP contribution >= 0.6 is 22.6 Å². The van der Waals surface area contributed by atoms with Crippen LogP contribution in [0.15, 0.2) is 18.2 Å². The molecule has 0 radical (unpaired) electrons. The standard InChI is InChI=1S/C13H10IN3O/c14-13-8(7-15)6-9-10(16-13)4-5-17-11(9)2-1-3-12(17)18/h1,3,6,11H,2,4-5H2. The Morgan fingerprint density at radius 3 is 3.17 bits per heavy atom. The Morgan fingerprint density at radius 1 is 1.56 bits per heavy atom. The van der Waals surface area contributed by atoms with Gasteiger partial charge in [-0.25, -0.2) is 4.98 Å². The van der Waals surface area contributed by atoms with Gasteiger partial charge >= 0.3 is 0 Å². The first kappa shape index (κ1) is 11.7. The average molecular weight is 351 g/mol. The number of pyridine rings is 1. The SMILES string of the molecule is N#Cc1cc2c(nc1I)CCN1C(=O)C=CCC21.